The van der Waals surface area contributed by atoms with Crippen molar-refractivity contribution >= 4 is 11.8 Å². The summed E-state index contributed by atoms with van der Waals surface area (Å²) < 4.78 is 5.49. The molecule has 2 amide bonds. The average molecular weight is 265 g/mol. The molecule has 1 fully saturated rings. The van der Waals surface area contributed by atoms with Gasteiger partial charge in [-0.2, -0.15) is 0 Å². The van der Waals surface area contributed by atoms with Crippen molar-refractivity contribution in [1.29, 1.82) is 0 Å². The molecule has 0 spiro atoms. The summed E-state index contributed by atoms with van der Waals surface area (Å²) in [4.78, 5) is 29.7. The molecule has 19 heavy (non-hydrogen) atoms. The van der Waals surface area contributed by atoms with E-state index < -0.39 is 6.04 Å². The van der Waals surface area contributed by atoms with E-state index in [-0.39, 0.29) is 30.8 Å². The maximum absolute atomic E-state index is 12.0. The number of hydrogen-bond acceptors (Lipinski definition) is 4. The molecule has 104 valence electrons. The first-order valence-corrected chi connectivity index (χ1v) is 6.40. The molecule has 6 heteroatoms. The van der Waals surface area contributed by atoms with Gasteiger partial charge in [0.25, 0.3) is 0 Å². The number of aromatic nitrogens is 1. The molecule has 1 atom stereocenters. The van der Waals surface area contributed by atoms with E-state index in [1.807, 2.05) is 27.7 Å². The normalized spacial score (nSPS) is 20.1. The first-order valence-electron chi connectivity index (χ1n) is 6.40. The maximum atomic E-state index is 12.0. The number of amides is 2. The minimum Gasteiger partial charge on any atom is -0.444 e. The van der Waals surface area contributed by atoms with Crippen molar-refractivity contribution in [1.82, 2.24) is 15.2 Å². The summed E-state index contributed by atoms with van der Waals surface area (Å²) in [6.07, 6.45) is 0. The van der Waals surface area contributed by atoms with E-state index in [0.29, 0.717) is 5.89 Å². The summed E-state index contributed by atoms with van der Waals surface area (Å²) in [6.45, 7) is 7.80. The van der Waals surface area contributed by atoms with Crippen LogP contribution in [0.15, 0.2) is 4.42 Å². The minimum absolute atomic E-state index is 0.0424. The van der Waals surface area contributed by atoms with Crippen molar-refractivity contribution in [2.75, 3.05) is 6.54 Å². The van der Waals surface area contributed by atoms with Crippen LogP contribution >= 0.6 is 0 Å². The molecule has 1 aromatic heterocycles. The smallest absolute Gasteiger partial charge is 0.243 e. The first kappa shape index (κ1) is 13.6. The van der Waals surface area contributed by atoms with Crippen molar-refractivity contribution in [3.8, 4) is 0 Å². The highest BCUT2D eigenvalue weighted by molar-refractivity contribution is 5.94. The molecule has 0 radical (unpaired) electrons. The third kappa shape index (κ3) is 2.62. The quantitative estimate of drug-likeness (QED) is 0.876. The van der Waals surface area contributed by atoms with Crippen LogP contribution in [0.4, 0.5) is 0 Å². The van der Waals surface area contributed by atoms with Gasteiger partial charge < -0.3 is 14.6 Å². The summed E-state index contributed by atoms with van der Waals surface area (Å²) in [5.41, 5.74) is 0.810. The van der Waals surface area contributed by atoms with Gasteiger partial charge in [-0.15, -0.1) is 0 Å². The molecule has 1 unspecified atom stereocenters. The molecular formula is C13H19N3O3. The molecule has 0 saturated carbocycles. The van der Waals surface area contributed by atoms with E-state index in [4.69, 9.17) is 4.42 Å². The summed E-state index contributed by atoms with van der Waals surface area (Å²) in [6, 6.07) is -0.464. The lowest BCUT2D eigenvalue weighted by Crippen LogP contribution is -2.59. The number of piperazine rings is 1. The lowest BCUT2D eigenvalue weighted by atomic mass is 9.99. The van der Waals surface area contributed by atoms with Crippen molar-refractivity contribution in [2.45, 2.75) is 40.3 Å². The van der Waals surface area contributed by atoms with Gasteiger partial charge in [-0.3, -0.25) is 9.59 Å². The van der Waals surface area contributed by atoms with Crippen LogP contribution < -0.4 is 5.32 Å². The van der Waals surface area contributed by atoms with Crippen molar-refractivity contribution in [3.63, 3.8) is 0 Å². The highest BCUT2D eigenvalue weighted by atomic mass is 16.4. The Kier molecular flexibility index (Phi) is 3.59. The Labute approximate surface area is 112 Å². The van der Waals surface area contributed by atoms with Gasteiger partial charge in [0.2, 0.25) is 17.7 Å². The van der Waals surface area contributed by atoms with E-state index >= 15 is 0 Å². The monoisotopic (exact) mass is 265 g/mol. The van der Waals surface area contributed by atoms with Crippen LogP contribution in [-0.2, 0) is 16.1 Å². The third-order valence-corrected chi connectivity index (χ3v) is 3.35. The summed E-state index contributed by atoms with van der Waals surface area (Å²) in [5, 5.41) is 2.61. The van der Waals surface area contributed by atoms with Crippen molar-refractivity contribution in [3.05, 3.63) is 17.3 Å². The summed E-state index contributed by atoms with van der Waals surface area (Å²) >= 11 is 0. The SMILES string of the molecule is Cc1nc(CN2C(=O)CNC(=O)C2C(C)C)oc1C. The van der Waals surface area contributed by atoms with Gasteiger partial charge in [-0.25, -0.2) is 4.98 Å². The molecule has 6 nitrogen and oxygen atoms in total. The van der Waals surface area contributed by atoms with Gasteiger partial charge in [-0.05, 0) is 19.8 Å². The van der Waals surface area contributed by atoms with Gasteiger partial charge in [0, 0.05) is 0 Å². The Balaban J connectivity index is 2.23. The number of oxazole rings is 1. The first-order chi connectivity index (χ1) is 8.90. The highest BCUT2D eigenvalue weighted by Crippen LogP contribution is 2.19. The van der Waals surface area contributed by atoms with Crippen LogP contribution in [0.1, 0.15) is 31.2 Å². The van der Waals surface area contributed by atoms with Crippen LogP contribution in [0, 0.1) is 19.8 Å². The Bertz CT molecular complexity index is 488. The molecule has 1 aliphatic rings. The van der Waals surface area contributed by atoms with Crippen LogP contribution in [-0.4, -0.2) is 34.3 Å². The second-order valence-corrected chi connectivity index (χ2v) is 5.18. The number of aryl methyl sites for hydroxylation is 2. The molecule has 2 rings (SSSR count). The van der Waals surface area contributed by atoms with Crippen LogP contribution in [0.25, 0.3) is 0 Å². The summed E-state index contributed by atoms with van der Waals surface area (Å²) in [5.74, 6) is 1.04. The van der Waals surface area contributed by atoms with Gasteiger partial charge in [0.05, 0.1) is 18.8 Å². The fourth-order valence-corrected chi connectivity index (χ4v) is 2.27. The Morgan fingerprint density at radius 3 is 2.63 bits per heavy atom. The second kappa shape index (κ2) is 5.03. The number of carbonyl (C=O) groups excluding carboxylic acids is 2. The zero-order valence-corrected chi connectivity index (χ0v) is 11.7. The van der Waals surface area contributed by atoms with Gasteiger partial charge in [0.1, 0.15) is 11.8 Å². The summed E-state index contributed by atoms with van der Waals surface area (Å²) in [7, 11) is 0. The standard InChI is InChI=1S/C13H19N3O3/c1-7(2)12-13(18)14-5-11(17)16(12)6-10-15-8(3)9(4)19-10/h7,12H,5-6H2,1-4H3,(H,14,18). The number of rotatable bonds is 3. The van der Waals surface area contributed by atoms with Crippen LogP contribution in [0.3, 0.4) is 0 Å². The van der Waals surface area contributed by atoms with Gasteiger partial charge in [0.15, 0.2) is 0 Å². The Morgan fingerprint density at radius 2 is 2.11 bits per heavy atom. The average Bonchev–Trinajstić information content (AvgIpc) is 2.63. The molecule has 1 aliphatic heterocycles. The van der Waals surface area contributed by atoms with Crippen LogP contribution in [0.2, 0.25) is 0 Å². The highest BCUT2D eigenvalue weighted by Gasteiger charge is 2.37. The van der Waals surface area contributed by atoms with E-state index in [1.54, 1.807) is 4.90 Å². The van der Waals surface area contributed by atoms with Gasteiger partial charge in [-0.1, -0.05) is 13.8 Å². The van der Waals surface area contributed by atoms with E-state index in [0.717, 1.165) is 11.5 Å². The molecule has 2 heterocycles. The fourth-order valence-electron chi connectivity index (χ4n) is 2.27. The zero-order chi connectivity index (χ0) is 14.2. The molecule has 1 saturated heterocycles. The maximum Gasteiger partial charge on any atom is 0.243 e. The second-order valence-electron chi connectivity index (χ2n) is 5.18. The largest absolute Gasteiger partial charge is 0.444 e. The molecule has 1 N–H and O–H groups in total. The predicted molar refractivity (Wildman–Crippen MR) is 68.2 cm³/mol. The topological polar surface area (TPSA) is 75.4 Å². The van der Waals surface area contributed by atoms with Gasteiger partial charge >= 0.3 is 0 Å². The zero-order valence-electron chi connectivity index (χ0n) is 11.7. The Morgan fingerprint density at radius 1 is 1.42 bits per heavy atom. The number of hydrogen-bond donors (Lipinski definition) is 1. The van der Waals surface area contributed by atoms with E-state index in [2.05, 4.69) is 10.3 Å². The fraction of sp³-hybridized carbons (Fsp3) is 0.615. The lowest BCUT2D eigenvalue weighted by molar-refractivity contribution is -0.148. The number of carbonyl (C=O) groups is 2. The van der Waals surface area contributed by atoms with E-state index in [9.17, 15) is 9.59 Å². The molecule has 0 aromatic carbocycles. The minimum atomic E-state index is -0.464. The molecular weight excluding hydrogens is 246 g/mol. The number of nitrogens with zero attached hydrogens (tertiary/aromatic N) is 2. The third-order valence-electron chi connectivity index (χ3n) is 3.35. The van der Waals surface area contributed by atoms with Crippen molar-refractivity contribution in [2.24, 2.45) is 5.92 Å². The lowest BCUT2D eigenvalue weighted by Gasteiger charge is -2.36. The molecule has 0 aliphatic carbocycles. The predicted octanol–water partition coefficient (Wildman–Crippen LogP) is 0.774. The van der Waals surface area contributed by atoms with Crippen LogP contribution in [0.5, 0.6) is 0 Å². The van der Waals surface area contributed by atoms with Crippen molar-refractivity contribution < 1.29 is 14.0 Å². The molecule has 1 aromatic rings. The molecule has 0 bridgehead atoms. The Hall–Kier alpha value is -1.85. The van der Waals surface area contributed by atoms with E-state index in [1.165, 1.54) is 0 Å². The number of nitrogens with one attached hydrogen (secondary N) is 1.